The third kappa shape index (κ3) is 5.29. The third-order valence-corrected chi connectivity index (χ3v) is 9.21. The summed E-state index contributed by atoms with van der Waals surface area (Å²) in [4.78, 5) is 13.1. The van der Waals surface area contributed by atoms with Crippen molar-refractivity contribution in [3.63, 3.8) is 0 Å². The van der Waals surface area contributed by atoms with Gasteiger partial charge in [0.15, 0.2) is 5.92 Å². The van der Waals surface area contributed by atoms with Crippen molar-refractivity contribution in [2.45, 2.75) is 64.2 Å². The molecule has 0 saturated heterocycles. The molecule has 4 nitrogen and oxygen atoms in total. The number of ether oxygens (including phenoxy) is 2. The molecule has 3 saturated carbocycles. The Balaban J connectivity index is 1.38. The minimum atomic E-state index is -4.99. The van der Waals surface area contributed by atoms with E-state index < -0.39 is 35.9 Å². The Bertz CT molecular complexity index is 1380. The molecule has 3 aliphatic carbocycles. The summed E-state index contributed by atoms with van der Waals surface area (Å²) in [6.45, 7) is 6.36. The second kappa shape index (κ2) is 10.7. The predicted octanol–water partition coefficient (Wildman–Crippen LogP) is 7.35. The van der Waals surface area contributed by atoms with E-state index in [0.717, 1.165) is 28.8 Å². The second-order valence-corrected chi connectivity index (χ2v) is 11.9. The van der Waals surface area contributed by atoms with Crippen LogP contribution in [0, 0.1) is 23.2 Å². The largest absolute Gasteiger partial charge is 0.459 e. The first-order valence-corrected chi connectivity index (χ1v) is 13.7. The Kier molecular flexibility index (Phi) is 7.57. The first kappa shape index (κ1) is 28.4. The number of hydrogen-bond donors (Lipinski definition) is 1. The molecular weight excluding hydrogens is 517 g/mol. The zero-order valence-electron chi connectivity index (χ0n) is 22.9. The summed E-state index contributed by atoms with van der Waals surface area (Å²) in [6.07, 6.45) is -4.33. The van der Waals surface area contributed by atoms with Gasteiger partial charge in [-0.3, -0.25) is 4.79 Å². The average molecular weight is 553 g/mol. The number of aliphatic hydroxyl groups excluding tert-OH is 1. The summed E-state index contributed by atoms with van der Waals surface area (Å²) in [6, 6.07) is 22.5. The minimum absolute atomic E-state index is 0.00115. The van der Waals surface area contributed by atoms with Gasteiger partial charge in [-0.1, -0.05) is 98.8 Å². The molecule has 0 heterocycles. The van der Waals surface area contributed by atoms with E-state index >= 15 is 0 Å². The van der Waals surface area contributed by atoms with Crippen molar-refractivity contribution >= 4 is 22.8 Å². The monoisotopic (exact) mass is 552 g/mol. The maximum atomic E-state index is 14.1. The van der Waals surface area contributed by atoms with Crippen LogP contribution in [0.5, 0.6) is 0 Å². The number of halogens is 3. The molecule has 2 bridgehead atoms. The highest BCUT2D eigenvalue weighted by molar-refractivity contribution is 5.85. The van der Waals surface area contributed by atoms with Crippen LogP contribution in [-0.2, 0) is 20.9 Å². The molecule has 0 aromatic heterocycles. The van der Waals surface area contributed by atoms with Crippen LogP contribution in [0.2, 0.25) is 0 Å². The molecule has 6 rings (SSSR count). The van der Waals surface area contributed by atoms with Crippen LogP contribution in [0.25, 0.3) is 16.8 Å². The molecule has 7 heteroatoms. The number of fused-ring (bicyclic) bond motifs is 3. The molecule has 40 heavy (non-hydrogen) atoms. The fourth-order valence-electron chi connectivity index (χ4n) is 6.68. The number of alkyl halides is 3. The molecule has 0 aliphatic heterocycles. The average Bonchev–Trinajstić information content (AvgIpc) is 2.91. The summed E-state index contributed by atoms with van der Waals surface area (Å²) in [5.74, 6) is -3.99. The Morgan fingerprint density at radius 2 is 1.68 bits per heavy atom. The normalized spacial score (nSPS) is 27.2. The highest BCUT2D eigenvalue weighted by Gasteiger charge is 2.66. The van der Waals surface area contributed by atoms with Gasteiger partial charge in [0.05, 0.1) is 12.7 Å². The number of benzene rings is 3. The Labute approximate surface area is 232 Å². The van der Waals surface area contributed by atoms with E-state index in [1.165, 1.54) is 6.08 Å². The number of aliphatic hydroxyl groups is 1. The van der Waals surface area contributed by atoms with Crippen molar-refractivity contribution in [2.75, 3.05) is 0 Å². The third-order valence-electron chi connectivity index (χ3n) is 9.21. The molecule has 0 spiro atoms. The predicted molar refractivity (Wildman–Crippen MR) is 148 cm³/mol. The summed E-state index contributed by atoms with van der Waals surface area (Å²) < 4.78 is 54.5. The Hall–Kier alpha value is -3.16. The van der Waals surface area contributed by atoms with Crippen molar-refractivity contribution in [2.24, 2.45) is 23.2 Å². The summed E-state index contributed by atoms with van der Waals surface area (Å²) in [5, 5.41) is 12.6. The van der Waals surface area contributed by atoms with E-state index in [2.05, 4.69) is 13.8 Å². The van der Waals surface area contributed by atoms with E-state index in [1.54, 1.807) is 30.3 Å². The maximum Gasteiger partial charge on any atom is 0.405 e. The molecule has 3 aromatic rings. The van der Waals surface area contributed by atoms with Gasteiger partial charge < -0.3 is 14.6 Å². The highest BCUT2D eigenvalue weighted by atomic mass is 19.4. The minimum Gasteiger partial charge on any atom is -0.459 e. The Morgan fingerprint density at radius 1 is 1.00 bits per heavy atom. The quantitative estimate of drug-likeness (QED) is 0.297. The van der Waals surface area contributed by atoms with Gasteiger partial charge in [-0.25, -0.2) is 0 Å². The summed E-state index contributed by atoms with van der Waals surface area (Å²) in [5.41, 5.74) is 0.474. The van der Waals surface area contributed by atoms with E-state index in [1.807, 2.05) is 49.4 Å². The number of hydrogen-bond acceptors (Lipinski definition) is 4. The van der Waals surface area contributed by atoms with Gasteiger partial charge in [-0.15, -0.1) is 0 Å². The molecule has 0 amide bonds. The Morgan fingerprint density at radius 3 is 2.38 bits per heavy atom. The van der Waals surface area contributed by atoms with Crippen LogP contribution in [0.3, 0.4) is 0 Å². The van der Waals surface area contributed by atoms with E-state index in [0.29, 0.717) is 12.0 Å². The van der Waals surface area contributed by atoms with Crippen molar-refractivity contribution in [3.05, 3.63) is 90.0 Å². The lowest BCUT2D eigenvalue weighted by Gasteiger charge is -2.65. The van der Waals surface area contributed by atoms with E-state index in [4.69, 9.17) is 9.47 Å². The van der Waals surface area contributed by atoms with Crippen LogP contribution in [0.1, 0.15) is 44.7 Å². The first-order valence-electron chi connectivity index (χ1n) is 13.7. The smallest absolute Gasteiger partial charge is 0.405 e. The summed E-state index contributed by atoms with van der Waals surface area (Å²) >= 11 is 0. The molecule has 3 aromatic carbocycles. The molecule has 3 aliphatic rings. The number of carbonyl (C=O) groups is 1. The van der Waals surface area contributed by atoms with Crippen molar-refractivity contribution in [1.82, 2.24) is 0 Å². The van der Waals surface area contributed by atoms with E-state index in [9.17, 15) is 23.1 Å². The molecule has 212 valence electrons. The topological polar surface area (TPSA) is 55.8 Å². The van der Waals surface area contributed by atoms with Crippen LogP contribution in [-0.4, -0.2) is 35.1 Å². The summed E-state index contributed by atoms with van der Waals surface area (Å²) in [7, 11) is 0. The number of esters is 1. The molecule has 1 N–H and O–H groups in total. The SMILES string of the molecule is CC1(C)[C@H]2C[C@H](OC(=O)[C@H]([C@H](O)/C=C/c3ccccc3)C(F)(F)F)[C@](C)(OCc3cccc4ccccc34)[C@@H]1C2. The van der Waals surface area contributed by atoms with Gasteiger partial charge in [0, 0.05) is 0 Å². The van der Waals surface area contributed by atoms with Crippen molar-refractivity contribution in [1.29, 1.82) is 0 Å². The lowest BCUT2D eigenvalue weighted by Crippen LogP contribution is -2.68. The first-order chi connectivity index (χ1) is 18.9. The van der Waals surface area contributed by atoms with Gasteiger partial charge >= 0.3 is 12.1 Å². The molecule has 3 fully saturated rings. The molecule has 6 atom stereocenters. The lowest BCUT2D eigenvalue weighted by molar-refractivity contribution is -0.281. The molecule has 0 radical (unpaired) electrons. The molecular formula is C33H35F3O4. The highest BCUT2D eigenvalue weighted by Crippen LogP contribution is 2.64. The fourth-order valence-corrected chi connectivity index (χ4v) is 6.68. The standard InChI is InChI=1S/C33H35F3O4/c1-31(2)24-18-27(31)32(3,39-20-23-14-9-13-22-12-7-8-15-25(22)23)28(19-24)40-30(38)29(33(34,35)36)26(37)17-16-21-10-5-4-6-11-21/h4-17,24,26-29,37H,18-20H2,1-3H3/b17-16+/t24-,26-,27-,28+,29+,32-/m1/s1. The van der Waals surface area contributed by atoms with Gasteiger partial charge in [0.1, 0.15) is 11.7 Å². The second-order valence-electron chi connectivity index (χ2n) is 11.9. The number of rotatable bonds is 8. The van der Waals surface area contributed by atoms with Gasteiger partial charge in [0.2, 0.25) is 0 Å². The zero-order valence-corrected chi connectivity index (χ0v) is 22.9. The van der Waals surface area contributed by atoms with Gasteiger partial charge in [-0.2, -0.15) is 13.2 Å². The van der Waals surface area contributed by atoms with Crippen LogP contribution in [0.15, 0.2) is 78.9 Å². The van der Waals surface area contributed by atoms with E-state index in [-0.39, 0.29) is 23.9 Å². The van der Waals surface area contributed by atoms with Crippen molar-refractivity contribution < 1.29 is 32.5 Å². The maximum absolute atomic E-state index is 14.1. The number of carbonyl (C=O) groups excluding carboxylic acids is 1. The fraction of sp³-hybridized carbons (Fsp3) is 0.424. The van der Waals surface area contributed by atoms with Crippen molar-refractivity contribution in [3.8, 4) is 0 Å². The lowest BCUT2D eigenvalue weighted by atomic mass is 9.43. The van der Waals surface area contributed by atoms with Crippen LogP contribution < -0.4 is 0 Å². The van der Waals surface area contributed by atoms with Crippen LogP contribution in [0.4, 0.5) is 13.2 Å². The van der Waals surface area contributed by atoms with Gasteiger partial charge in [0.25, 0.3) is 0 Å². The molecule has 0 unspecified atom stereocenters. The van der Waals surface area contributed by atoms with Gasteiger partial charge in [-0.05, 0) is 58.9 Å². The van der Waals surface area contributed by atoms with Crippen LogP contribution >= 0.6 is 0 Å². The zero-order chi connectivity index (χ0) is 28.7.